The maximum absolute atomic E-state index is 5.66. The highest BCUT2D eigenvalue weighted by molar-refractivity contribution is 5.79. The van der Waals surface area contributed by atoms with Crippen LogP contribution in [0.2, 0.25) is 0 Å². The molecule has 2 heterocycles. The second kappa shape index (κ2) is 12.1. The van der Waals surface area contributed by atoms with Gasteiger partial charge < -0.3 is 20.1 Å². The van der Waals surface area contributed by atoms with E-state index in [1.54, 1.807) is 7.11 Å². The van der Waals surface area contributed by atoms with Crippen LogP contribution in [0.5, 0.6) is 5.75 Å². The van der Waals surface area contributed by atoms with E-state index < -0.39 is 0 Å². The molecule has 0 spiro atoms. The molecule has 2 unspecified atom stereocenters. The Bertz CT molecular complexity index is 657. The van der Waals surface area contributed by atoms with Gasteiger partial charge in [0.25, 0.3) is 0 Å². The molecule has 1 aromatic carbocycles. The fraction of sp³-hybridized carbons (Fsp3) is 0.696. The molecule has 2 aliphatic rings. The van der Waals surface area contributed by atoms with Crippen molar-refractivity contribution in [3.63, 3.8) is 0 Å². The summed E-state index contributed by atoms with van der Waals surface area (Å²) in [4.78, 5) is 9.49. The van der Waals surface area contributed by atoms with Crippen molar-refractivity contribution in [1.29, 1.82) is 0 Å². The van der Waals surface area contributed by atoms with Crippen LogP contribution in [0.25, 0.3) is 0 Å². The summed E-state index contributed by atoms with van der Waals surface area (Å²) < 4.78 is 11.1. The molecule has 2 atom stereocenters. The molecule has 7 nitrogen and oxygen atoms in total. The number of hydrogen-bond acceptors (Lipinski definition) is 5. The predicted octanol–water partition coefficient (Wildman–Crippen LogP) is 1.97. The average Bonchev–Trinajstić information content (AvgIpc) is 3.31. The zero-order valence-corrected chi connectivity index (χ0v) is 18.9. The minimum Gasteiger partial charge on any atom is -0.496 e. The minimum atomic E-state index is 0.271. The van der Waals surface area contributed by atoms with Crippen LogP contribution in [0, 0.1) is 5.92 Å². The summed E-state index contributed by atoms with van der Waals surface area (Å²) in [6.07, 6.45) is 2.52. The van der Waals surface area contributed by atoms with Gasteiger partial charge in [-0.05, 0) is 37.9 Å². The third-order valence-corrected chi connectivity index (χ3v) is 6.06. The highest BCUT2D eigenvalue weighted by Gasteiger charge is 2.26. The van der Waals surface area contributed by atoms with Gasteiger partial charge in [-0.1, -0.05) is 25.1 Å². The molecule has 2 aliphatic heterocycles. The topological polar surface area (TPSA) is 61.4 Å². The molecule has 1 aromatic rings. The van der Waals surface area contributed by atoms with Crippen LogP contribution in [-0.4, -0.2) is 88.9 Å². The standard InChI is InChI=1S/C23H39N5O2/c1-19(18-27-12-14-30-15-13-27)16-25-23(24-2)26-17-21(28-10-6-7-11-28)20-8-4-5-9-22(20)29-3/h4-5,8-9,19,21H,6-7,10-18H2,1-3H3,(H2,24,25,26). The summed E-state index contributed by atoms with van der Waals surface area (Å²) in [5, 5.41) is 7.08. The number of aliphatic imine (C=N–C) groups is 1. The van der Waals surface area contributed by atoms with Gasteiger partial charge in [0, 0.05) is 45.3 Å². The lowest BCUT2D eigenvalue weighted by Gasteiger charge is -2.31. The first-order chi connectivity index (χ1) is 14.7. The monoisotopic (exact) mass is 417 g/mol. The molecule has 0 saturated carbocycles. The van der Waals surface area contributed by atoms with Crippen LogP contribution in [0.15, 0.2) is 29.3 Å². The number of nitrogens with zero attached hydrogens (tertiary/aromatic N) is 3. The summed E-state index contributed by atoms with van der Waals surface area (Å²) in [6, 6.07) is 8.64. The number of likely N-dealkylation sites (tertiary alicyclic amines) is 1. The molecule has 30 heavy (non-hydrogen) atoms. The van der Waals surface area contributed by atoms with E-state index in [2.05, 4.69) is 50.5 Å². The third kappa shape index (κ3) is 6.59. The van der Waals surface area contributed by atoms with Gasteiger partial charge >= 0.3 is 0 Å². The number of guanidine groups is 1. The van der Waals surface area contributed by atoms with Crippen LogP contribution in [-0.2, 0) is 4.74 Å². The van der Waals surface area contributed by atoms with Crippen LogP contribution in [0.1, 0.15) is 31.4 Å². The molecule has 7 heteroatoms. The molecular weight excluding hydrogens is 378 g/mol. The number of morpholine rings is 1. The summed E-state index contributed by atoms with van der Waals surface area (Å²) >= 11 is 0. The van der Waals surface area contributed by atoms with Gasteiger partial charge in [0.2, 0.25) is 0 Å². The fourth-order valence-corrected chi connectivity index (χ4v) is 4.40. The lowest BCUT2D eigenvalue weighted by molar-refractivity contribution is 0.0320. The molecule has 0 aliphatic carbocycles. The molecule has 0 radical (unpaired) electrons. The predicted molar refractivity (Wildman–Crippen MR) is 122 cm³/mol. The molecule has 2 N–H and O–H groups in total. The first-order valence-corrected chi connectivity index (χ1v) is 11.3. The lowest BCUT2D eigenvalue weighted by Crippen LogP contribution is -2.45. The van der Waals surface area contributed by atoms with E-state index in [1.807, 2.05) is 13.1 Å². The van der Waals surface area contributed by atoms with Crippen LogP contribution in [0.4, 0.5) is 0 Å². The lowest BCUT2D eigenvalue weighted by atomic mass is 10.0. The Balaban J connectivity index is 1.54. The van der Waals surface area contributed by atoms with E-state index in [0.717, 1.165) is 70.7 Å². The van der Waals surface area contributed by atoms with E-state index >= 15 is 0 Å². The molecule has 2 fully saturated rings. The number of hydrogen-bond donors (Lipinski definition) is 2. The van der Waals surface area contributed by atoms with E-state index in [4.69, 9.17) is 9.47 Å². The Hall–Kier alpha value is -1.83. The molecule has 168 valence electrons. The molecule has 0 aromatic heterocycles. The number of nitrogens with one attached hydrogen (secondary N) is 2. The SMILES string of the molecule is CN=C(NCC(C)CN1CCOCC1)NCC(c1ccccc1OC)N1CCCC1. The third-order valence-electron chi connectivity index (χ3n) is 6.06. The van der Waals surface area contributed by atoms with Gasteiger partial charge in [0.1, 0.15) is 5.75 Å². The molecule has 3 rings (SSSR count). The van der Waals surface area contributed by atoms with Crippen LogP contribution < -0.4 is 15.4 Å². The van der Waals surface area contributed by atoms with E-state index in [0.29, 0.717) is 5.92 Å². The first kappa shape index (κ1) is 22.8. The number of rotatable bonds is 9. The van der Waals surface area contributed by atoms with Gasteiger partial charge in [-0.25, -0.2) is 0 Å². The van der Waals surface area contributed by atoms with Gasteiger partial charge in [0.15, 0.2) is 5.96 Å². The maximum Gasteiger partial charge on any atom is 0.191 e. The molecule has 2 saturated heterocycles. The Kier molecular flexibility index (Phi) is 9.24. The maximum atomic E-state index is 5.66. The molecular formula is C23H39N5O2. The van der Waals surface area contributed by atoms with Crippen molar-refractivity contribution < 1.29 is 9.47 Å². The highest BCUT2D eigenvalue weighted by Crippen LogP contribution is 2.31. The van der Waals surface area contributed by atoms with Gasteiger partial charge in [-0.3, -0.25) is 14.8 Å². The second-order valence-corrected chi connectivity index (χ2v) is 8.35. The summed E-state index contributed by atoms with van der Waals surface area (Å²) in [5.74, 6) is 2.37. The highest BCUT2D eigenvalue weighted by atomic mass is 16.5. The van der Waals surface area contributed by atoms with E-state index in [-0.39, 0.29) is 6.04 Å². The van der Waals surface area contributed by atoms with Crippen molar-refractivity contribution in [2.45, 2.75) is 25.8 Å². The molecule has 0 bridgehead atoms. The van der Waals surface area contributed by atoms with Crippen molar-refractivity contribution in [3.8, 4) is 5.75 Å². The summed E-state index contributed by atoms with van der Waals surface area (Å²) in [5.41, 5.74) is 1.24. The zero-order valence-electron chi connectivity index (χ0n) is 18.9. The summed E-state index contributed by atoms with van der Waals surface area (Å²) in [7, 11) is 3.60. The van der Waals surface area contributed by atoms with Crippen molar-refractivity contribution in [1.82, 2.24) is 20.4 Å². The van der Waals surface area contributed by atoms with Crippen molar-refractivity contribution in [2.24, 2.45) is 10.9 Å². The fourth-order valence-electron chi connectivity index (χ4n) is 4.40. The van der Waals surface area contributed by atoms with Gasteiger partial charge in [-0.2, -0.15) is 0 Å². The van der Waals surface area contributed by atoms with Gasteiger partial charge in [0.05, 0.1) is 26.4 Å². The smallest absolute Gasteiger partial charge is 0.191 e. The van der Waals surface area contributed by atoms with Crippen molar-refractivity contribution in [3.05, 3.63) is 29.8 Å². The largest absolute Gasteiger partial charge is 0.496 e. The Labute approximate surface area is 181 Å². The zero-order chi connectivity index (χ0) is 21.2. The van der Waals surface area contributed by atoms with Gasteiger partial charge in [-0.15, -0.1) is 0 Å². The van der Waals surface area contributed by atoms with Crippen LogP contribution >= 0.6 is 0 Å². The number of para-hydroxylation sites is 1. The average molecular weight is 418 g/mol. The first-order valence-electron chi connectivity index (χ1n) is 11.3. The number of benzene rings is 1. The summed E-state index contributed by atoms with van der Waals surface area (Å²) in [6.45, 7) is 11.1. The Morgan fingerprint density at radius 3 is 2.50 bits per heavy atom. The van der Waals surface area contributed by atoms with Crippen molar-refractivity contribution in [2.75, 3.05) is 73.2 Å². The normalized spacial score (nSPS) is 20.7. The van der Waals surface area contributed by atoms with E-state index in [1.165, 1.54) is 18.4 Å². The quantitative estimate of drug-likeness (QED) is 0.473. The minimum absolute atomic E-state index is 0.271. The van der Waals surface area contributed by atoms with E-state index in [9.17, 15) is 0 Å². The Morgan fingerprint density at radius 1 is 1.10 bits per heavy atom. The number of ether oxygens (including phenoxy) is 2. The van der Waals surface area contributed by atoms with Crippen molar-refractivity contribution >= 4 is 5.96 Å². The molecule has 0 amide bonds. The van der Waals surface area contributed by atoms with Crippen LogP contribution in [0.3, 0.4) is 0 Å². The number of methoxy groups -OCH3 is 1. The Morgan fingerprint density at radius 2 is 1.80 bits per heavy atom. The second-order valence-electron chi connectivity index (χ2n) is 8.35.